The topological polar surface area (TPSA) is 160 Å². The van der Waals surface area contributed by atoms with Crippen molar-refractivity contribution in [3.8, 4) is 0 Å². The summed E-state index contributed by atoms with van der Waals surface area (Å²) in [4.78, 5) is 57.9. The SMILES string of the molecule is C=C1Cc2nc(co2)C(=O)N2CCC[C@@H]2C(=O)O[C@H]([C@@H](C)COC(=O)Nc2ccc(F)cc2)[C@H](C)/C=C/C(=O)NC/C=C/C(C)=C/[C@@H](O)C1. The van der Waals surface area contributed by atoms with Crippen LogP contribution in [0, 0.1) is 17.7 Å². The van der Waals surface area contributed by atoms with E-state index in [-0.39, 0.29) is 43.5 Å². The number of nitrogens with zero attached hydrogens (tertiary/aromatic N) is 2. The summed E-state index contributed by atoms with van der Waals surface area (Å²) < 4.78 is 30.2. The van der Waals surface area contributed by atoms with Crippen molar-refractivity contribution in [3.05, 3.63) is 96.0 Å². The number of anilines is 1. The molecule has 1 saturated heterocycles. The number of halogens is 1. The summed E-state index contributed by atoms with van der Waals surface area (Å²) >= 11 is 0. The molecule has 262 valence electrons. The number of aliphatic hydroxyl groups excluding tert-OH is 1. The first kappa shape index (κ1) is 36.8. The van der Waals surface area contributed by atoms with Crippen LogP contribution in [0.1, 0.15) is 56.4 Å². The van der Waals surface area contributed by atoms with Gasteiger partial charge in [0.2, 0.25) is 5.91 Å². The van der Waals surface area contributed by atoms with E-state index in [1.807, 2.05) is 6.92 Å². The van der Waals surface area contributed by atoms with Gasteiger partial charge in [-0.05, 0) is 56.5 Å². The number of oxazole rings is 1. The predicted octanol–water partition coefficient (Wildman–Crippen LogP) is 4.89. The zero-order chi connectivity index (χ0) is 35.5. The number of allylic oxidation sites excluding steroid dienone is 2. The minimum atomic E-state index is -0.891. The number of esters is 1. The van der Waals surface area contributed by atoms with E-state index in [2.05, 4.69) is 22.2 Å². The predicted molar refractivity (Wildman–Crippen MR) is 179 cm³/mol. The Hall–Kier alpha value is -5.04. The van der Waals surface area contributed by atoms with Crippen molar-refractivity contribution in [3.63, 3.8) is 0 Å². The van der Waals surface area contributed by atoms with E-state index < -0.39 is 53.9 Å². The Morgan fingerprint density at radius 3 is 2.76 bits per heavy atom. The Morgan fingerprint density at radius 1 is 1.24 bits per heavy atom. The minimum Gasteiger partial charge on any atom is -0.460 e. The Labute approximate surface area is 284 Å². The Kier molecular flexibility index (Phi) is 13.1. The van der Waals surface area contributed by atoms with E-state index in [1.54, 1.807) is 38.2 Å². The number of fused-ring (bicyclic) bond motifs is 3. The highest BCUT2D eigenvalue weighted by Gasteiger charge is 2.39. The number of amides is 3. The maximum Gasteiger partial charge on any atom is 0.411 e. The molecule has 0 radical (unpaired) electrons. The number of aliphatic hydroxyl groups is 1. The van der Waals surface area contributed by atoms with Crippen LogP contribution in [0.4, 0.5) is 14.9 Å². The molecular weight excluding hydrogens is 635 g/mol. The second-order valence-electron chi connectivity index (χ2n) is 12.4. The number of ether oxygens (including phenoxy) is 2. The molecule has 0 saturated carbocycles. The first-order chi connectivity index (χ1) is 23.4. The Balaban J connectivity index is 1.54. The van der Waals surface area contributed by atoms with Gasteiger partial charge in [0.25, 0.3) is 5.91 Å². The lowest BCUT2D eigenvalue weighted by Crippen LogP contribution is -2.44. The summed E-state index contributed by atoms with van der Waals surface area (Å²) in [6, 6.07) is 4.29. The standard InChI is InChI=1S/C36H43FN4O8/c1-22-7-5-15-38-31(43)14-9-24(3)33(25(4)20-48-36(46)39-27-12-10-26(37)11-13-27)49-35(45)30-8-6-16-41(30)34(44)29-21-47-32(40-29)19-23(2)18-28(42)17-22/h5,7,9-14,17,21,24-25,28,30,33,42H,2,6,8,15-16,18-20H2,1,3-4H3,(H,38,43)(H,39,46)/b7-5+,14-9+,22-17+/t24-,25+,28-,30-,33+/m1/s1. The van der Waals surface area contributed by atoms with Gasteiger partial charge in [0.15, 0.2) is 11.6 Å². The first-order valence-electron chi connectivity index (χ1n) is 16.2. The number of carbonyl (C=O) groups is 4. The molecule has 3 N–H and O–H groups in total. The maximum absolute atomic E-state index is 13.7. The normalized spacial score (nSPS) is 26.0. The van der Waals surface area contributed by atoms with Gasteiger partial charge in [-0.3, -0.25) is 14.9 Å². The Morgan fingerprint density at radius 2 is 2.00 bits per heavy atom. The molecule has 1 aromatic heterocycles. The Bertz CT molecular complexity index is 1600. The lowest BCUT2D eigenvalue weighted by molar-refractivity contribution is -0.159. The summed E-state index contributed by atoms with van der Waals surface area (Å²) in [5, 5.41) is 15.8. The number of cyclic esters (lactones) is 1. The van der Waals surface area contributed by atoms with Gasteiger partial charge >= 0.3 is 12.1 Å². The van der Waals surface area contributed by atoms with Crippen LogP contribution in [-0.2, 0) is 25.5 Å². The minimum absolute atomic E-state index is 0.0371. The molecule has 12 nitrogen and oxygen atoms in total. The fourth-order valence-corrected chi connectivity index (χ4v) is 5.65. The van der Waals surface area contributed by atoms with Crippen molar-refractivity contribution in [1.82, 2.24) is 15.2 Å². The molecule has 2 bridgehead atoms. The van der Waals surface area contributed by atoms with Crippen molar-refractivity contribution < 1.29 is 42.6 Å². The molecule has 1 fully saturated rings. The highest BCUT2D eigenvalue weighted by atomic mass is 19.1. The average molecular weight is 679 g/mol. The van der Waals surface area contributed by atoms with Gasteiger partial charge in [-0.25, -0.2) is 19.0 Å². The molecule has 0 spiro atoms. The molecular formula is C36H43FN4O8. The van der Waals surface area contributed by atoms with E-state index in [4.69, 9.17) is 13.9 Å². The molecule has 3 amide bonds. The molecule has 13 heteroatoms. The van der Waals surface area contributed by atoms with Crippen molar-refractivity contribution in [2.45, 2.75) is 64.7 Å². The third kappa shape index (κ3) is 11.0. The summed E-state index contributed by atoms with van der Waals surface area (Å²) in [6.07, 6.45) is 8.33. The number of hydrogen-bond acceptors (Lipinski definition) is 9. The number of carbonyl (C=O) groups excluding carboxylic acids is 4. The van der Waals surface area contributed by atoms with Crippen LogP contribution >= 0.6 is 0 Å². The summed E-state index contributed by atoms with van der Waals surface area (Å²) in [6.45, 7) is 9.72. The number of hydrogen-bond donors (Lipinski definition) is 3. The zero-order valence-corrected chi connectivity index (χ0v) is 27.9. The molecule has 5 atom stereocenters. The van der Waals surface area contributed by atoms with Gasteiger partial charge in [-0.15, -0.1) is 0 Å². The fraction of sp³-hybridized carbons (Fsp3) is 0.417. The maximum atomic E-state index is 13.7. The summed E-state index contributed by atoms with van der Waals surface area (Å²) in [5.41, 5.74) is 1.81. The smallest absolute Gasteiger partial charge is 0.411 e. The largest absolute Gasteiger partial charge is 0.460 e. The fourth-order valence-electron chi connectivity index (χ4n) is 5.65. The third-order valence-corrected chi connectivity index (χ3v) is 8.14. The van der Waals surface area contributed by atoms with Gasteiger partial charge in [0.05, 0.1) is 12.7 Å². The molecule has 4 rings (SSSR count). The summed E-state index contributed by atoms with van der Waals surface area (Å²) in [5.74, 6) is -2.74. The van der Waals surface area contributed by atoms with Crippen molar-refractivity contribution >= 4 is 29.6 Å². The highest BCUT2D eigenvalue weighted by Crippen LogP contribution is 2.26. The van der Waals surface area contributed by atoms with Gasteiger partial charge in [0, 0.05) is 37.0 Å². The van der Waals surface area contributed by atoms with E-state index >= 15 is 0 Å². The molecule has 2 aliphatic heterocycles. The third-order valence-electron chi connectivity index (χ3n) is 8.14. The van der Waals surface area contributed by atoms with E-state index in [9.17, 15) is 28.7 Å². The van der Waals surface area contributed by atoms with Gasteiger partial charge in [-0.2, -0.15) is 0 Å². The van der Waals surface area contributed by atoms with E-state index in [0.29, 0.717) is 30.6 Å². The van der Waals surface area contributed by atoms with Crippen LogP contribution in [-0.4, -0.2) is 76.8 Å². The van der Waals surface area contributed by atoms with Crippen molar-refractivity contribution in [1.29, 1.82) is 0 Å². The molecule has 0 unspecified atom stereocenters. The average Bonchev–Trinajstić information content (AvgIpc) is 3.74. The van der Waals surface area contributed by atoms with E-state index in [1.165, 1.54) is 41.5 Å². The van der Waals surface area contributed by atoms with Gasteiger partial charge in [0.1, 0.15) is 24.2 Å². The number of nitrogens with one attached hydrogen (secondary N) is 2. The van der Waals surface area contributed by atoms with Gasteiger partial charge < -0.3 is 29.2 Å². The molecule has 0 aliphatic carbocycles. The van der Waals surface area contributed by atoms with Crippen LogP contribution in [0.5, 0.6) is 0 Å². The lowest BCUT2D eigenvalue weighted by atomic mass is 9.93. The zero-order valence-electron chi connectivity index (χ0n) is 27.9. The number of aromatic nitrogens is 1. The van der Waals surface area contributed by atoms with E-state index in [0.717, 1.165) is 5.57 Å². The number of benzene rings is 1. The van der Waals surface area contributed by atoms with Crippen LogP contribution in [0.15, 0.2) is 83.1 Å². The molecule has 49 heavy (non-hydrogen) atoms. The second kappa shape index (κ2) is 17.4. The van der Waals surface area contributed by atoms with Crippen LogP contribution in [0.25, 0.3) is 0 Å². The molecule has 2 aromatic rings. The molecule has 3 heterocycles. The van der Waals surface area contributed by atoms with Crippen molar-refractivity contribution in [2.24, 2.45) is 11.8 Å². The van der Waals surface area contributed by atoms with Crippen LogP contribution in [0.3, 0.4) is 0 Å². The quantitative estimate of drug-likeness (QED) is 0.302. The molecule has 2 aliphatic rings. The molecule has 1 aromatic carbocycles. The lowest BCUT2D eigenvalue weighted by Gasteiger charge is -2.30. The highest BCUT2D eigenvalue weighted by molar-refractivity contribution is 5.95. The second-order valence-corrected chi connectivity index (χ2v) is 12.4. The van der Waals surface area contributed by atoms with Gasteiger partial charge in [-0.1, -0.05) is 55.9 Å². The number of rotatable bonds is 4. The van der Waals surface area contributed by atoms with Crippen LogP contribution < -0.4 is 10.6 Å². The summed E-state index contributed by atoms with van der Waals surface area (Å²) in [7, 11) is 0. The first-order valence-corrected chi connectivity index (χ1v) is 16.2. The monoisotopic (exact) mass is 678 g/mol. The van der Waals surface area contributed by atoms with Crippen molar-refractivity contribution in [2.75, 3.05) is 25.0 Å². The van der Waals surface area contributed by atoms with Crippen LogP contribution in [0.2, 0.25) is 0 Å².